The largest absolute Gasteiger partial charge is 0.390 e. The average Bonchev–Trinajstić information content (AvgIpc) is 3.26. The van der Waals surface area contributed by atoms with Gasteiger partial charge in [-0.25, -0.2) is 14.7 Å². The van der Waals surface area contributed by atoms with Crippen LogP contribution in [0.3, 0.4) is 0 Å². The number of aromatic nitrogens is 2. The normalized spacial score (nSPS) is 24.6. The quantitative estimate of drug-likeness (QED) is 0.434. The van der Waals surface area contributed by atoms with Crippen LogP contribution in [0.4, 0.5) is 24.8 Å². The third kappa shape index (κ3) is 7.90. The number of nitrogens with zero attached hydrogens (tertiary/aromatic N) is 4. The van der Waals surface area contributed by atoms with Crippen LogP contribution in [-0.4, -0.2) is 73.1 Å². The van der Waals surface area contributed by atoms with Gasteiger partial charge in [-0.3, -0.25) is 4.79 Å². The number of pyridine rings is 2. The third-order valence-electron chi connectivity index (χ3n) is 9.46. The second kappa shape index (κ2) is 12.4. The Hall–Kier alpha value is -2.93. The lowest BCUT2D eigenvalue weighted by Crippen LogP contribution is -2.41. The number of fused-ring (bicyclic) bond motifs is 6. The molecule has 9 nitrogen and oxygen atoms in total. The minimum absolute atomic E-state index is 0.000918. The first-order valence-corrected chi connectivity index (χ1v) is 17.3. The maximum absolute atomic E-state index is 13.6. The van der Waals surface area contributed by atoms with Crippen LogP contribution in [0.5, 0.6) is 0 Å². The van der Waals surface area contributed by atoms with Crippen molar-refractivity contribution in [2.75, 3.05) is 36.4 Å². The summed E-state index contributed by atoms with van der Waals surface area (Å²) in [4.78, 5) is 27.0. The zero-order chi connectivity index (χ0) is 32.8. The highest BCUT2D eigenvalue weighted by molar-refractivity contribution is 7.90. The van der Waals surface area contributed by atoms with Crippen LogP contribution >= 0.6 is 0 Å². The summed E-state index contributed by atoms with van der Waals surface area (Å²) in [5.41, 5.74) is 0.371. The van der Waals surface area contributed by atoms with Gasteiger partial charge in [0.1, 0.15) is 11.6 Å². The Kier molecular flexibility index (Phi) is 9.18. The fraction of sp³-hybridized carbons (Fsp3) is 0.656. The van der Waals surface area contributed by atoms with E-state index >= 15 is 0 Å². The van der Waals surface area contributed by atoms with Crippen molar-refractivity contribution in [3.05, 3.63) is 41.6 Å². The van der Waals surface area contributed by atoms with E-state index in [0.717, 1.165) is 37.8 Å². The molecule has 13 heteroatoms. The second-order valence-corrected chi connectivity index (χ2v) is 16.1. The molecule has 0 spiro atoms. The van der Waals surface area contributed by atoms with Gasteiger partial charge >= 0.3 is 6.18 Å². The number of amides is 1. The highest BCUT2D eigenvalue weighted by atomic mass is 32.2. The van der Waals surface area contributed by atoms with E-state index in [1.807, 2.05) is 25.7 Å². The van der Waals surface area contributed by atoms with Crippen LogP contribution in [0.25, 0.3) is 0 Å². The Morgan fingerprint density at radius 2 is 1.71 bits per heavy atom. The molecular formula is C32H45F3N6O3S. The Labute approximate surface area is 264 Å². The summed E-state index contributed by atoms with van der Waals surface area (Å²) >= 11 is 0. The van der Waals surface area contributed by atoms with Gasteiger partial charge in [0.2, 0.25) is 0 Å². The van der Waals surface area contributed by atoms with E-state index in [0.29, 0.717) is 37.2 Å². The SMILES string of the molecule is CC(C)(C)c1ccc2c(n1)N1C[C@@H](CC[C@@H](C3CCN(CCC(F)(F)F)CC3)Nc3cccc(n3)S(=O)(=O)NC2=O)CC1(C)C. The minimum Gasteiger partial charge on any atom is -0.367 e. The predicted octanol–water partition coefficient (Wildman–Crippen LogP) is 5.74. The van der Waals surface area contributed by atoms with Gasteiger partial charge in [-0.15, -0.1) is 0 Å². The van der Waals surface area contributed by atoms with Gasteiger partial charge in [0.05, 0.1) is 12.0 Å². The number of hydrogen-bond acceptors (Lipinski definition) is 8. The van der Waals surface area contributed by atoms with Crippen molar-refractivity contribution in [2.24, 2.45) is 11.8 Å². The number of carbonyl (C=O) groups excluding carboxylic acids is 1. The molecule has 3 aliphatic rings. The highest BCUT2D eigenvalue weighted by Gasteiger charge is 2.42. The monoisotopic (exact) mass is 650 g/mol. The molecule has 0 saturated carbocycles. The van der Waals surface area contributed by atoms with E-state index < -0.39 is 28.5 Å². The lowest BCUT2D eigenvalue weighted by atomic mass is 9.84. The van der Waals surface area contributed by atoms with E-state index in [1.54, 1.807) is 24.3 Å². The van der Waals surface area contributed by atoms with Gasteiger partial charge < -0.3 is 15.1 Å². The summed E-state index contributed by atoms with van der Waals surface area (Å²) in [6.45, 7) is 12.2. The van der Waals surface area contributed by atoms with E-state index in [4.69, 9.17) is 4.98 Å². The first-order chi connectivity index (χ1) is 20.9. The molecule has 0 unspecified atom stereocenters. The van der Waals surface area contributed by atoms with Gasteiger partial charge in [0, 0.05) is 35.8 Å². The summed E-state index contributed by atoms with van der Waals surface area (Å²) in [5, 5.41) is 3.21. The smallest absolute Gasteiger partial charge is 0.367 e. The number of likely N-dealkylation sites (tertiary alicyclic amines) is 1. The molecular weight excluding hydrogens is 605 g/mol. The van der Waals surface area contributed by atoms with Crippen molar-refractivity contribution in [1.29, 1.82) is 0 Å². The molecule has 2 atom stereocenters. The number of piperidine rings is 1. The number of sulfonamides is 1. The molecule has 2 aromatic rings. The highest BCUT2D eigenvalue weighted by Crippen LogP contribution is 2.41. The fourth-order valence-electron chi connectivity index (χ4n) is 6.97. The molecule has 5 rings (SSSR count). The molecule has 2 saturated heterocycles. The summed E-state index contributed by atoms with van der Waals surface area (Å²) in [7, 11) is -4.32. The first-order valence-electron chi connectivity index (χ1n) is 15.8. The Morgan fingerprint density at radius 3 is 2.38 bits per heavy atom. The van der Waals surface area contributed by atoms with Crippen molar-refractivity contribution in [3.63, 3.8) is 0 Å². The molecule has 0 aromatic carbocycles. The summed E-state index contributed by atoms with van der Waals surface area (Å²) in [5.74, 6) is 0.574. The van der Waals surface area contributed by atoms with Crippen LogP contribution in [0.2, 0.25) is 0 Å². The van der Waals surface area contributed by atoms with Crippen molar-refractivity contribution in [2.45, 2.75) is 101 Å². The molecule has 248 valence electrons. The van der Waals surface area contributed by atoms with Gasteiger partial charge in [-0.2, -0.15) is 21.6 Å². The number of halogens is 3. The molecule has 2 N–H and O–H groups in total. The third-order valence-corrected chi connectivity index (χ3v) is 10.7. The summed E-state index contributed by atoms with van der Waals surface area (Å²) in [6, 6.07) is 8.04. The van der Waals surface area contributed by atoms with Gasteiger partial charge in [0.15, 0.2) is 5.03 Å². The number of anilines is 2. The Balaban J connectivity index is 1.48. The van der Waals surface area contributed by atoms with Gasteiger partial charge in [-0.05, 0) is 95.1 Å². The van der Waals surface area contributed by atoms with E-state index in [-0.39, 0.29) is 40.0 Å². The maximum Gasteiger partial charge on any atom is 0.390 e. The van der Waals surface area contributed by atoms with Crippen LogP contribution in [-0.2, 0) is 15.4 Å². The molecule has 5 heterocycles. The molecule has 2 aromatic heterocycles. The maximum atomic E-state index is 13.6. The Bertz CT molecular complexity index is 1500. The van der Waals surface area contributed by atoms with E-state index in [1.165, 1.54) is 6.07 Å². The zero-order valence-electron chi connectivity index (χ0n) is 26.7. The predicted molar refractivity (Wildman–Crippen MR) is 168 cm³/mol. The second-order valence-electron chi connectivity index (χ2n) is 14.5. The summed E-state index contributed by atoms with van der Waals surface area (Å²) < 4.78 is 67.6. The van der Waals surface area contributed by atoms with Crippen molar-refractivity contribution in [3.8, 4) is 0 Å². The molecule has 3 aliphatic heterocycles. The molecule has 0 aliphatic carbocycles. The van der Waals surface area contributed by atoms with E-state index in [2.05, 4.69) is 33.8 Å². The van der Waals surface area contributed by atoms with Crippen molar-refractivity contribution >= 4 is 27.6 Å². The zero-order valence-corrected chi connectivity index (χ0v) is 27.6. The molecule has 4 bridgehead atoms. The van der Waals surface area contributed by atoms with Crippen LogP contribution in [0, 0.1) is 11.8 Å². The summed E-state index contributed by atoms with van der Waals surface area (Å²) in [6.07, 6.45) is -0.984. The molecule has 2 fully saturated rings. The lowest BCUT2D eigenvalue weighted by molar-refractivity contribution is -0.138. The van der Waals surface area contributed by atoms with Crippen LogP contribution in [0.15, 0.2) is 35.4 Å². The topological polar surface area (TPSA) is 108 Å². The first kappa shape index (κ1) is 33.4. The van der Waals surface area contributed by atoms with Gasteiger partial charge in [-0.1, -0.05) is 26.8 Å². The minimum atomic E-state index is -4.32. The van der Waals surface area contributed by atoms with E-state index in [9.17, 15) is 26.4 Å². The molecule has 1 amide bonds. The number of rotatable bonds is 3. The number of nitrogens with one attached hydrogen (secondary N) is 2. The Morgan fingerprint density at radius 1 is 1.00 bits per heavy atom. The lowest BCUT2D eigenvalue weighted by Gasteiger charge is -2.37. The van der Waals surface area contributed by atoms with Crippen molar-refractivity contribution in [1.82, 2.24) is 19.6 Å². The van der Waals surface area contributed by atoms with Crippen LogP contribution in [0.1, 0.15) is 89.2 Å². The fourth-order valence-corrected chi connectivity index (χ4v) is 7.91. The standard InChI is InChI=1S/C32H45F3N6O3S/c1-30(2,3)25-12-10-23-28(37-25)41-20-21(19-31(41,4)5)9-11-24(22-13-16-40(17-14-22)18-15-32(33,34)35)36-26-7-6-8-27(38-26)45(43,44)39-29(23)42/h6-8,10,12,21-22,24H,9,11,13-20H2,1-5H3,(H,36,38)(H,39,42)/t21-,24-/m0/s1. The number of hydrogen-bond donors (Lipinski definition) is 2. The van der Waals surface area contributed by atoms with Gasteiger partial charge in [0.25, 0.3) is 15.9 Å². The molecule has 0 radical (unpaired) electrons. The van der Waals surface area contributed by atoms with Crippen molar-refractivity contribution < 1.29 is 26.4 Å². The number of alkyl halides is 3. The number of carbonyl (C=O) groups is 1. The van der Waals surface area contributed by atoms with Crippen LogP contribution < -0.4 is 14.9 Å². The molecule has 45 heavy (non-hydrogen) atoms. The average molecular weight is 651 g/mol.